The molecule has 6 nitrogen and oxygen atoms in total. The number of likely N-dealkylation sites (N-methyl/N-ethyl adjacent to an activating group) is 1. The number of benzene rings is 2. The summed E-state index contributed by atoms with van der Waals surface area (Å²) in [6.07, 6.45) is -0.922. The lowest BCUT2D eigenvalue weighted by Gasteiger charge is -2.18. The van der Waals surface area contributed by atoms with Gasteiger partial charge >= 0.3 is 0 Å². The standard InChI is InChI=1S/C17H18Cl2N2O4S/c1-21(26(24,25)15-8-6-14(19)7-9-15)11-17(23)20-10-16(22)12-2-4-13(18)5-3-12/h2-9,16,22H,10-11H2,1H3,(H,20,23). The molecule has 0 saturated carbocycles. The summed E-state index contributed by atoms with van der Waals surface area (Å²) in [5.74, 6) is -0.530. The Morgan fingerprint density at radius 1 is 1.08 bits per heavy atom. The molecule has 0 aliphatic rings. The van der Waals surface area contributed by atoms with Crippen molar-refractivity contribution in [2.24, 2.45) is 0 Å². The number of nitrogens with zero attached hydrogens (tertiary/aromatic N) is 1. The van der Waals surface area contributed by atoms with Crippen LogP contribution in [0.1, 0.15) is 11.7 Å². The highest BCUT2D eigenvalue weighted by molar-refractivity contribution is 7.89. The first kappa shape index (κ1) is 20.7. The minimum absolute atomic E-state index is 0.0402. The van der Waals surface area contributed by atoms with Crippen molar-refractivity contribution in [1.82, 2.24) is 9.62 Å². The van der Waals surface area contributed by atoms with Gasteiger partial charge in [0.15, 0.2) is 0 Å². The minimum Gasteiger partial charge on any atom is -0.387 e. The molecule has 0 radical (unpaired) electrons. The van der Waals surface area contributed by atoms with Crippen molar-refractivity contribution in [2.75, 3.05) is 20.1 Å². The molecule has 2 aromatic rings. The quantitative estimate of drug-likeness (QED) is 0.725. The Morgan fingerprint density at radius 3 is 2.12 bits per heavy atom. The predicted octanol–water partition coefficient (Wildman–Crippen LogP) is 2.46. The Hall–Kier alpha value is -1.64. The summed E-state index contributed by atoms with van der Waals surface area (Å²) in [6, 6.07) is 12.2. The van der Waals surface area contributed by atoms with Gasteiger partial charge in [-0.15, -0.1) is 0 Å². The van der Waals surface area contributed by atoms with E-state index in [0.29, 0.717) is 15.6 Å². The number of hydrogen-bond donors (Lipinski definition) is 2. The van der Waals surface area contributed by atoms with Gasteiger partial charge in [-0.3, -0.25) is 4.79 Å². The molecule has 9 heteroatoms. The molecule has 1 amide bonds. The first-order valence-corrected chi connectivity index (χ1v) is 9.82. The third-order valence-electron chi connectivity index (χ3n) is 3.64. The molecule has 1 atom stereocenters. The van der Waals surface area contributed by atoms with Gasteiger partial charge < -0.3 is 10.4 Å². The maximum absolute atomic E-state index is 12.4. The van der Waals surface area contributed by atoms with Crippen molar-refractivity contribution < 1.29 is 18.3 Å². The Labute approximate surface area is 162 Å². The van der Waals surface area contributed by atoms with Crippen LogP contribution >= 0.6 is 23.2 Å². The smallest absolute Gasteiger partial charge is 0.243 e. The fraction of sp³-hybridized carbons (Fsp3) is 0.235. The van der Waals surface area contributed by atoms with E-state index in [2.05, 4.69) is 5.32 Å². The molecule has 0 aliphatic carbocycles. The molecule has 0 bridgehead atoms. The molecule has 2 N–H and O–H groups in total. The van der Waals surface area contributed by atoms with Crippen LogP contribution in [0.3, 0.4) is 0 Å². The van der Waals surface area contributed by atoms with Gasteiger partial charge in [0.05, 0.1) is 17.5 Å². The second-order valence-electron chi connectivity index (χ2n) is 5.59. The number of sulfonamides is 1. The summed E-state index contributed by atoms with van der Waals surface area (Å²) in [5.41, 5.74) is 0.594. The van der Waals surface area contributed by atoms with Gasteiger partial charge in [0.2, 0.25) is 15.9 Å². The Morgan fingerprint density at radius 2 is 1.58 bits per heavy atom. The molecule has 2 aromatic carbocycles. The highest BCUT2D eigenvalue weighted by Crippen LogP contribution is 2.18. The van der Waals surface area contributed by atoms with Crippen LogP contribution < -0.4 is 5.32 Å². The zero-order chi connectivity index (χ0) is 19.3. The Kier molecular flexibility index (Phi) is 7.02. The summed E-state index contributed by atoms with van der Waals surface area (Å²) < 4.78 is 25.8. The van der Waals surface area contributed by atoms with Crippen LogP contribution in [0.2, 0.25) is 10.0 Å². The highest BCUT2D eigenvalue weighted by Gasteiger charge is 2.23. The monoisotopic (exact) mass is 416 g/mol. The zero-order valence-corrected chi connectivity index (χ0v) is 16.2. The fourth-order valence-electron chi connectivity index (χ4n) is 2.14. The Balaban J connectivity index is 1.92. The number of amides is 1. The molecule has 1 unspecified atom stereocenters. The van der Waals surface area contributed by atoms with Gasteiger partial charge in [-0.05, 0) is 42.0 Å². The lowest BCUT2D eigenvalue weighted by Crippen LogP contribution is -2.39. The summed E-state index contributed by atoms with van der Waals surface area (Å²) in [4.78, 5) is 12.0. The van der Waals surface area contributed by atoms with E-state index in [4.69, 9.17) is 23.2 Å². The van der Waals surface area contributed by atoms with E-state index in [1.807, 2.05) is 0 Å². The first-order valence-electron chi connectivity index (χ1n) is 7.62. The largest absolute Gasteiger partial charge is 0.387 e. The number of carbonyl (C=O) groups is 1. The van der Waals surface area contributed by atoms with Crippen LogP contribution in [-0.4, -0.2) is 43.9 Å². The van der Waals surface area contributed by atoms with Gasteiger partial charge in [0.25, 0.3) is 0 Å². The third-order valence-corrected chi connectivity index (χ3v) is 5.96. The van der Waals surface area contributed by atoms with Crippen molar-refractivity contribution in [3.05, 3.63) is 64.1 Å². The second kappa shape index (κ2) is 8.83. The van der Waals surface area contributed by atoms with Gasteiger partial charge in [-0.2, -0.15) is 4.31 Å². The molecule has 140 valence electrons. The summed E-state index contributed by atoms with van der Waals surface area (Å²) in [5, 5.41) is 13.5. The number of rotatable bonds is 7. The molecule has 0 fully saturated rings. The predicted molar refractivity (Wildman–Crippen MR) is 101 cm³/mol. The van der Waals surface area contributed by atoms with Gasteiger partial charge in [-0.25, -0.2) is 8.42 Å². The number of aliphatic hydroxyl groups is 1. The highest BCUT2D eigenvalue weighted by atomic mass is 35.5. The average Bonchev–Trinajstić information content (AvgIpc) is 2.60. The maximum Gasteiger partial charge on any atom is 0.243 e. The maximum atomic E-state index is 12.4. The van der Waals surface area contributed by atoms with E-state index in [-0.39, 0.29) is 18.0 Å². The third kappa shape index (κ3) is 5.43. The number of hydrogen-bond acceptors (Lipinski definition) is 4. The normalized spacial score (nSPS) is 12.8. The SMILES string of the molecule is CN(CC(=O)NCC(O)c1ccc(Cl)cc1)S(=O)(=O)c1ccc(Cl)cc1. The minimum atomic E-state index is -3.81. The van der Waals surface area contributed by atoms with Crippen LogP contribution in [0.15, 0.2) is 53.4 Å². The molecule has 0 saturated heterocycles. The van der Waals surface area contributed by atoms with Gasteiger partial charge in [-0.1, -0.05) is 35.3 Å². The molecular formula is C17H18Cl2N2O4S. The van der Waals surface area contributed by atoms with Crippen molar-refractivity contribution in [3.8, 4) is 0 Å². The van der Waals surface area contributed by atoms with Crippen molar-refractivity contribution in [1.29, 1.82) is 0 Å². The van der Waals surface area contributed by atoms with E-state index in [1.165, 1.54) is 31.3 Å². The number of nitrogens with one attached hydrogen (secondary N) is 1. The van der Waals surface area contributed by atoms with E-state index in [1.54, 1.807) is 24.3 Å². The lowest BCUT2D eigenvalue weighted by atomic mass is 10.1. The van der Waals surface area contributed by atoms with Crippen LogP contribution in [0, 0.1) is 0 Å². The van der Waals surface area contributed by atoms with E-state index in [9.17, 15) is 18.3 Å². The van der Waals surface area contributed by atoms with Gasteiger partial charge in [0, 0.05) is 23.6 Å². The molecule has 2 rings (SSSR count). The van der Waals surface area contributed by atoms with Crippen LogP contribution in [-0.2, 0) is 14.8 Å². The van der Waals surface area contributed by atoms with Crippen LogP contribution in [0.25, 0.3) is 0 Å². The molecule has 0 aliphatic heterocycles. The molecular weight excluding hydrogens is 399 g/mol. The molecule has 0 aromatic heterocycles. The van der Waals surface area contributed by atoms with E-state index < -0.39 is 22.0 Å². The number of halogens is 2. The van der Waals surface area contributed by atoms with E-state index in [0.717, 1.165) is 4.31 Å². The topological polar surface area (TPSA) is 86.7 Å². The number of aliphatic hydroxyl groups excluding tert-OH is 1. The first-order chi connectivity index (χ1) is 12.2. The summed E-state index contributed by atoms with van der Waals surface area (Å²) >= 11 is 11.5. The lowest BCUT2D eigenvalue weighted by molar-refractivity contribution is -0.121. The summed E-state index contributed by atoms with van der Waals surface area (Å²) in [6.45, 7) is -0.423. The van der Waals surface area contributed by atoms with Gasteiger partial charge in [0.1, 0.15) is 0 Å². The number of carbonyl (C=O) groups excluding carboxylic acids is 1. The molecule has 0 spiro atoms. The zero-order valence-electron chi connectivity index (χ0n) is 13.9. The molecule has 0 heterocycles. The average molecular weight is 417 g/mol. The molecule has 26 heavy (non-hydrogen) atoms. The Bertz CT molecular complexity index is 855. The van der Waals surface area contributed by atoms with Crippen LogP contribution in [0.5, 0.6) is 0 Å². The van der Waals surface area contributed by atoms with E-state index >= 15 is 0 Å². The van der Waals surface area contributed by atoms with Crippen molar-refractivity contribution in [3.63, 3.8) is 0 Å². The second-order valence-corrected chi connectivity index (χ2v) is 8.50. The fourth-order valence-corrected chi connectivity index (χ4v) is 3.52. The van der Waals surface area contributed by atoms with Crippen molar-refractivity contribution in [2.45, 2.75) is 11.0 Å². The van der Waals surface area contributed by atoms with Crippen LogP contribution in [0.4, 0.5) is 0 Å². The summed E-state index contributed by atoms with van der Waals surface area (Å²) in [7, 11) is -2.50. The van der Waals surface area contributed by atoms with Crippen molar-refractivity contribution >= 4 is 39.1 Å².